The van der Waals surface area contributed by atoms with Crippen LogP contribution in [0.1, 0.15) is 10.4 Å². The number of nitrogens with zero attached hydrogens (tertiary/aromatic N) is 2. The summed E-state index contributed by atoms with van der Waals surface area (Å²) in [7, 11) is 0. The van der Waals surface area contributed by atoms with Crippen molar-refractivity contribution in [3.63, 3.8) is 0 Å². The molecule has 116 valence electrons. The van der Waals surface area contributed by atoms with Crippen molar-refractivity contribution in [3.05, 3.63) is 64.9 Å². The zero-order valence-electron chi connectivity index (χ0n) is 12.0. The molecular weight excluding hydrogens is 360 g/mol. The lowest BCUT2D eigenvalue weighted by Gasteiger charge is -2.08. The summed E-state index contributed by atoms with van der Waals surface area (Å²) in [6.45, 7) is -0.127. The molecule has 0 saturated heterocycles. The van der Waals surface area contributed by atoms with Gasteiger partial charge < -0.3 is 5.32 Å². The highest BCUT2D eigenvalue weighted by atomic mass is 79.9. The van der Waals surface area contributed by atoms with Crippen LogP contribution in [-0.4, -0.2) is 28.0 Å². The highest BCUT2D eigenvalue weighted by Gasteiger charge is 2.09. The van der Waals surface area contributed by atoms with Crippen LogP contribution in [0.3, 0.4) is 0 Å². The molecule has 1 heterocycles. The van der Waals surface area contributed by atoms with Gasteiger partial charge in [0, 0.05) is 10.0 Å². The van der Waals surface area contributed by atoms with Gasteiger partial charge in [-0.05, 0) is 30.3 Å². The van der Waals surface area contributed by atoms with Crippen molar-refractivity contribution in [2.45, 2.75) is 0 Å². The quantitative estimate of drug-likeness (QED) is 0.737. The Morgan fingerprint density at radius 1 is 1.13 bits per heavy atom. The molecule has 0 aliphatic rings. The average Bonchev–Trinajstić information content (AvgIpc) is 2.96. The topological polar surface area (TPSA) is 76.0 Å². The largest absolute Gasteiger partial charge is 0.343 e. The Kier molecular flexibility index (Phi) is 4.38. The maximum atomic E-state index is 12.0. The lowest BCUT2D eigenvalue weighted by Crippen LogP contribution is -2.35. The Morgan fingerprint density at radius 2 is 1.96 bits per heavy atom. The van der Waals surface area contributed by atoms with Crippen LogP contribution in [0, 0.1) is 0 Å². The van der Waals surface area contributed by atoms with E-state index in [9.17, 15) is 9.59 Å². The fourth-order valence-electron chi connectivity index (χ4n) is 2.11. The molecule has 2 N–H and O–H groups in total. The van der Waals surface area contributed by atoms with Crippen LogP contribution in [0.2, 0.25) is 0 Å². The second-order valence-corrected chi connectivity index (χ2v) is 5.75. The number of amides is 2. The summed E-state index contributed by atoms with van der Waals surface area (Å²) in [5, 5.41) is 2.58. The second-order valence-electron chi connectivity index (χ2n) is 4.83. The fraction of sp³-hybridized carbons (Fsp3) is 0.0625. The first-order valence-electron chi connectivity index (χ1n) is 6.89. The maximum Gasteiger partial charge on any atom is 0.258 e. The van der Waals surface area contributed by atoms with E-state index in [1.165, 1.54) is 11.0 Å². The molecular formula is C16H13BrN4O2. The number of rotatable bonds is 4. The Balaban J connectivity index is 1.60. The molecule has 0 atom stereocenters. The van der Waals surface area contributed by atoms with Crippen molar-refractivity contribution < 1.29 is 9.59 Å². The molecule has 6 nitrogen and oxygen atoms in total. The third-order valence-corrected chi connectivity index (χ3v) is 3.69. The number of para-hydroxylation sites is 2. The first kappa shape index (κ1) is 15.2. The van der Waals surface area contributed by atoms with Gasteiger partial charge in [-0.25, -0.2) is 9.66 Å². The summed E-state index contributed by atoms with van der Waals surface area (Å²) < 4.78 is 2.34. The molecule has 0 saturated carbocycles. The number of carbonyl (C=O) groups excluding carboxylic acids is 2. The smallest absolute Gasteiger partial charge is 0.258 e. The van der Waals surface area contributed by atoms with E-state index in [2.05, 4.69) is 31.7 Å². The number of carbonyl (C=O) groups is 2. The third-order valence-electron chi connectivity index (χ3n) is 3.20. The van der Waals surface area contributed by atoms with Crippen molar-refractivity contribution in [2.75, 3.05) is 12.0 Å². The van der Waals surface area contributed by atoms with Crippen molar-refractivity contribution in [2.24, 2.45) is 0 Å². The number of nitrogens with one attached hydrogen (secondary N) is 2. The Bertz CT molecular complexity index is 875. The molecule has 0 aliphatic heterocycles. The predicted octanol–water partition coefficient (Wildman–Crippen LogP) is 2.30. The second kappa shape index (κ2) is 6.62. The van der Waals surface area contributed by atoms with Crippen LogP contribution in [0.25, 0.3) is 11.0 Å². The van der Waals surface area contributed by atoms with Crippen molar-refractivity contribution in [3.8, 4) is 0 Å². The Labute approximate surface area is 140 Å². The van der Waals surface area contributed by atoms with Gasteiger partial charge >= 0.3 is 0 Å². The van der Waals surface area contributed by atoms with Crippen LogP contribution < -0.4 is 10.7 Å². The van der Waals surface area contributed by atoms with E-state index in [0.717, 1.165) is 15.5 Å². The zero-order valence-corrected chi connectivity index (χ0v) is 13.6. The van der Waals surface area contributed by atoms with Gasteiger partial charge in [-0.15, -0.1) is 0 Å². The molecule has 0 spiro atoms. The summed E-state index contributed by atoms with van der Waals surface area (Å²) in [6, 6.07) is 14.4. The number of halogens is 1. The highest BCUT2D eigenvalue weighted by Crippen LogP contribution is 2.11. The van der Waals surface area contributed by atoms with Gasteiger partial charge in [-0.1, -0.05) is 34.1 Å². The molecule has 3 aromatic rings. The number of aromatic nitrogens is 2. The number of imidazole rings is 1. The van der Waals surface area contributed by atoms with Crippen LogP contribution in [0.5, 0.6) is 0 Å². The average molecular weight is 373 g/mol. The van der Waals surface area contributed by atoms with Crippen LogP contribution in [-0.2, 0) is 4.79 Å². The van der Waals surface area contributed by atoms with Crippen LogP contribution in [0.4, 0.5) is 0 Å². The van der Waals surface area contributed by atoms with E-state index in [4.69, 9.17) is 0 Å². The highest BCUT2D eigenvalue weighted by molar-refractivity contribution is 9.10. The summed E-state index contributed by atoms with van der Waals surface area (Å²) in [5.41, 5.74) is 4.73. The van der Waals surface area contributed by atoms with E-state index in [1.54, 1.807) is 18.2 Å². The van der Waals surface area contributed by atoms with Gasteiger partial charge in [0.2, 0.25) is 0 Å². The van der Waals surface area contributed by atoms with E-state index in [1.807, 2.05) is 30.3 Å². The fourth-order valence-corrected chi connectivity index (χ4v) is 2.51. The molecule has 1 aromatic heterocycles. The maximum absolute atomic E-state index is 12.0. The van der Waals surface area contributed by atoms with Gasteiger partial charge in [0.1, 0.15) is 6.33 Å². The summed E-state index contributed by atoms with van der Waals surface area (Å²) in [5.74, 6) is -0.645. The first-order valence-corrected chi connectivity index (χ1v) is 7.68. The van der Waals surface area contributed by atoms with E-state index in [0.29, 0.717) is 5.56 Å². The summed E-state index contributed by atoms with van der Waals surface area (Å²) >= 11 is 3.30. The first-order chi connectivity index (χ1) is 11.1. The molecule has 2 amide bonds. The molecule has 0 radical (unpaired) electrons. The summed E-state index contributed by atoms with van der Waals surface area (Å²) in [4.78, 5) is 28.1. The van der Waals surface area contributed by atoms with Gasteiger partial charge in [-0.2, -0.15) is 0 Å². The molecule has 0 bridgehead atoms. The third kappa shape index (κ3) is 3.57. The molecule has 3 rings (SSSR count). The lowest BCUT2D eigenvalue weighted by atomic mass is 10.2. The van der Waals surface area contributed by atoms with E-state index < -0.39 is 0 Å². The van der Waals surface area contributed by atoms with Crippen LogP contribution in [0.15, 0.2) is 59.3 Å². The van der Waals surface area contributed by atoms with Crippen LogP contribution >= 0.6 is 15.9 Å². The summed E-state index contributed by atoms with van der Waals surface area (Å²) in [6.07, 6.45) is 1.53. The Morgan fingerprint density at radius 3 is 2.78 bits per heavy atom. The van der Waals surface area contributed by atoms with Gasteiger partial charge in [-0.3, -0.25) is 15.0 Å². The normalized spacial score (nSPS) is 10.5. The van der Waals surface area contributed by atoms with Gasteiger partial charge in [0.25, 0.3) is 11.8 Å². The number of benzene rings is 2. The standard InChI is InChI=1S/C16H13BrN4O2/c17-12-5-3-4-11(8-12)16(23)18-9-15(22)20-21-10-19-13-6-1-2-7-14(13)21/h1-8,10H,9H2,(H,18,23)(H,20,22). The van der Waals surface area contributed by atoms with Crippen molar-refractivity contribution >= 4 is 38.8 Å². The van der Waals surface area contributed by atoms with Gasteiger partial charge in [0.15, 0.2) is 0 Å². The molecule has 0 aliphatic carbocycles. The zero-order chi connectivity index (χ0) is 16.2. The predicted molar refractivity (Wildman–Crippen MR) is 90.6 cm³/mol. The van der Waals surface area contributed by atoms with E-state index in [-0.39, 0.29) is 18.4 Å². The molecule has 2 aromatic carbocycles. The van der Waals surface area contributed by atoms with Crippen molar-refractivity contribution in [1.29, 1.82) is 0 Å². The molecule has 0 unspecified atom stereocenters. The Hall–Kier alpha value is -2.67. The minimum absolute atomic E-state index is 0.127. The SMILES string of the molecule is O=C(CNC(=O)c1cccc(Br)c1)Nn1cnc2ccccc21. The molecule has 23 heavy (non-hydrogen) atoms. The molecule has 7 heteroatoms. The number of hydrogen-bond acceptors (Lipinski definition) is 3. The van der Waals surface area contributed by atoms with Gasteiger partial charge in [0.05, 0.1) is 17.6 Å². The monoisotopic (exact) mass is 372 g/mol. The minimum atomic E-state index is -0.337. The minimum Gasteiger partial charge on any atom is -0.343 e. The van der Waals surface area contributed by atoms with Crippen molar-refractivity contribution in [1.82, 2.24) is 15.0 Å². The number of hydrogen-bond donors (Lipinski definition) is 2. The van der Waals surface area contributed by atoms with E-state index >= 15 is 0 Å². The lowest BCUT2D eigenvalue weighted by molar-refractivity contribution is -0.116. The molecule has 0 fully saturated rings. The number of fused-ring (bicyclic) bond motifs is 1.